The fraction of sp³-hybridized carbons (Fsp3) is 0.500. The molecule has 0 aliphatic heterocycles. The van der Waals surface area contributed by atoms with Gasteiger partial charge in [-0.15, -0.1) is 0 Å². The summed E-state index contributed by atoms with van der Waals surface area (Å²) in [5, 5.41) is 7.84. The highest BCUT2D eigenvalue weighted by Gasteiger charge is 2.16. The van der Waals surface area contributed by atoms with Crippen molar-refractivity contribution in [1.29, 1.82) is 0 Å². The second kappa shape index (κ2) is 7.20. The highest BCUT2D eigenvalue weighted by Crippen LogP contribution is 2.22. The van der Waals surface area contributed by atoms with Gasteiger partial charge in [0.2, 0.25) is 0 Å². The van der Waals surface area contributed by atoms with E-state index in [1.54, 1.807) is 6.33 Å². The first kappa shape index (κ1) is 14.7. The number of nitrogens with zero attached hydrogens (tertiary/aromatic N) is 3. The average Bonchev–Trinajstić information content (AvgIpc) is 2.94. The second-order valence-corrected chi connectivity index (χ2v) is 4.86. The molecule has 4 nitrogen and oxygen atoms in total. The molecule has 0 saturated heterocycles. The van der Waals surface area contributed by atoms with E-state index >= 15 is 0 Å². The summed E-state index contributed by atoms with van der Waals surface area (Å²) in [5.74, 6) is 1.05. The van der Waals surface area contributed by atoms with E-state index < -0.39 is 0 Å². The van der Waals surface area contributed by atoms with Crippen LogP contribution < -0.4 is 5.32 Å². The molecule has 2 aromatic rings. The number of rotatable bonds is 7. The molecule has 1 unspecified atom stereocenters. The lowest BCUT2D eigenvalue weighted by molar-refractivity contribution is 0.507. The second-order valence-electron chi connectivity index (χ2n) is 4.86. The van der Waals surface area contributed by atoms with Gasteiger partial charge < -0.3 is 5.32 Å². The van der Waals surface area contributed by atoms with E-state index in [1.807, 2.05) is 4.68 Å². The van der Waals surface area contributed by atoms with Gasteiger partial charge in [-0.3, -0.25) is 4.68 Å². The van der Waals surface area contributed by atoms with Gasteiger partial charge in [0.15, 0.2) is 0 Å². The van der Waals surface area contributed by atoms with Crippen LogP contribution in [0.2, 0.25) is 0 Å². The van der Waals surface area contributed by atoms with Gasteiger partial charge in [-0.2, -0.15) is 5.10 Å². The van der Waals surface area contributed by atoms with Crippen molar-refractivity contribution in [3.63, 3.8) is 0 Å². The zero-order valence-electron chi connectivity index (χ0n) is 12.6. The van der Waals surface area contributed by atoms with E-state index in [2.05, 4.69) is 60.4 Å². The van der Waals surface area contributed by atoms with Crippen LogP contribution in [0, 0.1) is 0 Å². The number of likely N-dealkylation sites (N-methyl/N-ethyl adjacent to an activating group) is 1. The van der Waals surface area contributed by atoms with Crippen LogP contribution >= 0.6 is 0 Å². The van der Waals surface area contributed by atoms with E-state index in [0.717, 1.165) is 31.8 Å². The Balaban J connectivity index is 2.27. The molecule has 0 spiro atoms. The third-order valence-corrected chi connectivity index (χ3v) is 3.64. The standard InChI is InChI=1S/C16H24N4/c1-4-13-9-7-8-10-14(13)15(17-5-2)11-16-18-12-19-20(16)6-3/h7-10,12,15,17H,4-6,11H2,1-3H3. The Morgan fingerprint density at radius 2 is 2.00 bits per heavy atom. The normalized spacial score (nSPS) is 12.6. The van der Waals surface area contributed by atoms with Gasteiger partial charge in [0.05, 0.1) is 0 Å². The fourth-order valence-corrected chi connectivity index (χ4v) is 2.63. The van der Waals surface area contributed by atoms with Crippen molar-refractivity contribution >= 4 is 0 Å². The van der Waals surface area contributed by atoms with Crippen LogP contribution in [-0.2, 0) is 19.4 Å². The van der Waals surface area contributed by atoms with E-state index in [0.29, 0.717) is 6.04 Å². The lowest BCUT2D eigenvalue weighted by Gasteiger charge is -2.21. The maximum Gasteiger partial charge on any atom is 0.138 e. The maximum atomic E-state index is 4.40. The molecule has 0 aliphatic rings. The zero-order chi connectivity index (χ0) is 14.4. The minimum Gasteiger partial charge on any atom is -0.310 e. The summed E-state index contributed by atoms with van der Waals surface area (Å²) in [6.07, 6.45) is 3.57. The Kier molecular flexibility index (Phi) is 5.30. The fourth-order valence-electron chi connectivity index (χ4n) is 2.63. The van der Waals surface area contributed by atoms with Crippen LogP contribution in [0.4, 0.5) is 0 Å². The molecular weight excluding hydrogens is 248 g/mol. The van der Waals surface area contributed by atoms with E-state index in [-0.39, 0.29) is 0 Å². The van der Waals surface area contributed by atoms with Crippen LogP contribution in [0.25, 0.3) is 0 Å². The number of nitrogens with one attached hydrogen (secondary N) is 1. The van der Waals surface area contributed by atoms with Crippen molar-refractivity contribution in [1.82, 2.24) is 20.1 Å². The van der Waals surface area contributed by atoms with Gasteiger partial charge >= 0.3 is 0 Å². The summed E-state index contributed by atoms with van der Waals surface area (Å²) in [7, 11) is 0. The zero-order valence-corrected chi connectivity index (χ0v) is 12.6. The highest BCUT2D eigenvalue weighted by molar-refractivity contribution is 5.30. The molecule has 0 aliphatic carbocycles. The molecule has 1 heterocycles. The van der Waals surface area contributed by atoms with Crippen molar-refractivity contribution in [3.8, 4) is 0 Å². The largest absolute Gasteiger partial charge is 0.310 e. The van der Waals surface area contributed by atoms with Gasteiger partial charge in [-0.1, -0.05) is 38.1 Å². The summed E-state index contributed by atoms with van der Waals surface area (Å²) in [4.78, 5) is 4.40. The molecule has 2 rings (SSSR count). The molecule has 0 radical (unpaired) electrons. The molecular formula is C16H24N4. The third kappa shape index (κ3) is 3.25. The summed E-state index contributed by atoms with van der Waals surface area (Å²) in [6, 6.07) is 8.96. The minimum atomic E-state index is 0.297. The number of hydrogen-bond donors (Lipinski definition) is 1. The van der Waals surface area contributed by atoms with Gasteiger partial charge in [-0.05, 0) is 31.0 Å². The van der Waals surface area contributed by atoms with E-state index in [1.165, 1.54) is 11.1 Å². The van der Waals surface area contributed by atoms with Crippen molar-refractivity contribution in [3.05, 3.63) is 47.5 Å². The molecule has 0 fully saturated rings. The Bertz CT molecular complexity index is 533. The molecule has 0 amide bonds. The molecule has 0 saturated carbocycles. The van der Waals surface area contributed by atoms with Crippen molar-refractivity contribution in [2.75, 3.05) is 6.54 Å². The van der Waals surface area contributed by atoms with Crippen LogP contribution in [0.3, 0.4) is 0 Å². The third-order valence-electron chi connectivity index (χ3n) is 3.64. The lowest BCUT2D eigenvalue weighted by atomic mass is 9.96. The molecule has 108 valence electrons. The summed E-state index contributed by atoms with van der Waals surface area (Å²) in [6.45, 7) is 8.26. The lowest BCUT2D eigenvalue weighted by Crippen LogP contribution is -2.25. The number of hydrogen-bond acceptors (Lipinski definition) is 3. The number of benzene rings is 1. The molecule has 1 aromatic carbocycles. The summed E-state index contributed by atoms with van der Waals surface area (Å²) in [5.41, 5.74) is 2.78. The first-order chi connectivity index (χ1) is 9.80. The van der Waals surface area contributed by atoms with E-state index in [4.69, 9.17) is 0 Å². The van der Waals surface area contributed by atoms with Crippen LogP contribution in [-0.4, -0.2) is 21.3 Å². The van der Waals surface area contributed by atoms with E-state index in [9.17, 15) is 0 Å². The summed E-state index contributed by atoms with van der Waals surface area (Å²) >= 11 is 0. The van der Waals surface area contributed by atoms with Crippen molar-refractivity contribution in [2.24, 2.45) is 0 Å². The molecule has 4 heteroatoms. The van der Waals surface area contributed by atoms with Crippen LogP contribution in [0.5, 0.6) is 0 Å². The molecule has 1 atom stereocenters. The topological polar surface area (TPSA) is 42.7 Å². The first-order valence-corrected chi connectivity index (χ1v) is 7.47. The monoisotopic (exact) mass is 272 g/mol. The average molecular weight is 272 g/mol. The van der Waals surface area contributed by atoms with Crippen LogP contribution in [0.15, 0.2) is 30.6 Å². The predicted molar refractivity (Wildman–Crippen MR) is 81.6 cm³/mol. The Morgan fingerprint density at radius 3 is 2.70 bits per heavy atom. The minimum absolute atomic E-state index is 0.297. The first-order valence-electron chi connectivity index (χ1n) is 7.47. The van der Waals surface area contributed by atoms with Gasteiger partial charge in [0.1, 0.15) is 12.2 Å². The smallest absolute Gasteiger partial charge is 0.138 e. The van der Waals surface area contributed by atoms with Gasteiger partial charge in [-0.25, -0.2) is 4.98 Å². The van der Waals surface area contributed by atoms with Gasteiger partial charge in [0, 0.05) is 19.0 Å². The Labute approximate surface area is 121 Å². The number of aryl methyl sites for hydroxylation is 2. The summed E-state index contributed by atoms with van der Waals surface area (Å²) < 4.78 is 1.97. The van der Waals surface area contributed by atoms with Crippen molar-refractivity contribution in [2.45, 2.75) is 46.2 Å². The molecule has 1 aromatic heterocycles. The number of aromatic nitrogens is 3. The van der Waals surface area contributed by atoms with Crippen LogP contribution in [0.1, 0.15) is 43.8 Å². The molecule has 0 bridgehead atoms. The Hall–Kier alpha value is -1.68. The predicted octanol–water partition coefficient (Wildman–Crippen LogP) is 2.75. The highest BCUT2D eigenvalue weighted by atomic mass is 15.3. The molecule has 20 heavy (non-hydrogen) atoms. The SMILES string of the molecule is CCNC(Cc1ncnn1CC)c1ccccc1CC. The Morgan fingerprint density at radius 1 is 1.20 bits per heavy atom. The van der Waals surface area contributed by atoms with Crippen molar-refractivity contribution < 1.29 is 0 Å². The van der Waals surface area contributed by atoms with Gasteiger partial charge in [0.25, 0.3) is 0 Å². The molecule has 1 N–H and O–H groups in total. The maximum absolute atomic E-state index is 4.40. The quantitative estimate of drug-likeness (QED) is 0.843.